The topological polar surface area (TPSA) is 77.2 Å². The van der Waals surface area contributed by atoms with Gasteiger partial charge in [0.1, 0.15) is 5.01 Å². The standard InChI is InChI=1S/C14H21N3O2S/c15-14(5-7-19-8-6-14)13(18)16-9-12-17-10-3-1-2-4-11(10)20-12/h1-9,15H2,(H,16,18). The zero-order valence-corrected chi connectivity index (χ0v) is 12.4. The minimum atomic E-state index is -0.769. The molecule has 1 aliphatic carbocycles. The maximum absolute atomic E-state index is 12.2. The van der Waals surface area contributed by atoms with Crippen LogP contribution in [0.5, 0.6) is 0 Å². The van der Waals surface area contributed by atoms with Crippen LogP contribution in [-0.2, 0) is 28.9 Å². The summed E-state index contributed by atoms with van der Waals surface area (Å²) >= 11 is 1.73. The first-order chi connectivity index (χ1) is 9.67. The van der Waals surface area contributed by atoms with E-state index in [-0.39, 0.29) is 5.91 Å². The van der Waals surface area contributed by atoms with Crippen LogP contribution >= 0.6 is 11.3 Å². The Morgan fingerprint density at radius 1 is 1.35 bits per heavy atom. The molecule has 110 valence electrons. The normalized spacial score (nSPS) is 21.2. The van der Waals surface area contributed by atoms with E-state index < -0.39 is 5.54 Å². The SMILES string of the molecule is NC1(C(=O)NCc2nc3c(s2)CCCC3)CCOCC1. The summed E-state index contributed by atoms with van der Waals surface area (Å²) in [4.78, 5) is 18.2. The largest absolute Gasteiger partial charge is 0.381 e. The van der Waals surface area contributed by atoms with Gasteiger partial charge in [-0.2, -0.15) is 0 Å². The number of carbonyl (C=O) groups excluding carboxylic acids is 1. The predicted molar refractivity (Wildman–Crippen MR) is 77.6 cm³/mol. The molecule has 2 aliphatic rings. The number of aryl methyl sites for hydroxylation is 2. The lowest BCUT2D eigenvalue weighted by molar-refractivity contribution is -0.129. The van der Waals surface area contributed by atoms with Crippen molar-refractivity contribution in [1.82, 2.24) is 10.3 Å². The van der Waals surface area contributed by atoms with Crippen LogP contribution < -0.4 is 11.1 Å². The van der Waals surface area contributed by atoms with Crippen LogP contribution in [-0.4, -0.2) is 29.6 Å². The average molecular weight is 295 g/mol. The zero-order valence-electron chi connectivity index (χ0n) is 11.6. The Kier molecular flexibility index (Phi) is 4.05. The van der Waals surface area contributed by atoms with E-state index in [1.165, 1.54) is 23.4 Å². The van der Waals surface area contributed by atoms with Crippen molar-refractivity contribution in [2.24, 2.45) is 5.73 Å². The Morgan fingerprint density at radius 2 is 2.10 bits per heavy atom. The van der Waals surface area contributed by atoms with Gasteiger partial charge in [-0.1, -0.05) is 0 Å². The first kappa shape index (κ1) is 14.0. The number of aromatic nitrogens is 1. The van der Waals surface area contributed by atoms with Gasteiger partial charge in [0.15, 0.2) is 0 Å². The highest BCUT2D eigenvalue weighted by Gasteiger charge is 2.35. The van der Waals surface area contributed by atoms with Crippen LogP contribution in [0.1, 0.15) is 41.3 Å². The molecule has 0 radical (unpaired) electrons. The molecule has 0 saturated carbocycles. The van der Waals surface area contributed by atoms with E-state index in [0.717, 1.165) is 17.8 Å². The smallest absolute Gasteiger partial charge is 0.240 e. The highest BCUT2D eigenvalue weighted by atomic mass is 32.1. The second-order valence-corrected chi connectivity index (χ2v) is 6.80. The minimum absolute atomic E-state index is 0.0750. The second-order valence-electron chi connectivity index (χ2n) is 5.64. The van der Waals surface area contributed by atoms with Gasteiger partial charge in [0.2, 0.25) is 5.91 Å². The lowest BCUT2D eigenvalue weighted by atomic mass is 9.90. The first-order valence-corrected chi connectivity index (χ1v) is 8.11. The number of ether oxygens (including phenoxy) is 1. The van der Waals surface area contributed by atoms with Crippen LogP contribution in [0.15, 0.2) is 0 Å². The molecule has 0 atom stereocenters. The molecule has 1 fully saturated rings. The van der Waals surface area contributed by atoms with Gasteiger partial charge >= 0.3 is 0 Å². The van der Waals surface area contributed by atoms with Gasteiger partial charge in [-0.15, -0.1) is 11.3 Å². The molecular weight excluding hydrogens is 274 g/mol. The number of carbonyl (C=O) groups is 1. The Balaban J connectivity index is 1.58. The van der Waals surface area contributed by atoms with Crippen LogP contribution in [0.4, 0.5) is 0 Å². The number of nitrogens with one attached hydrogen (secondary N) is 1. The van der Waals surface area contributed by atoms with Gasteiger partial charge in [-0.25, -0.2) is 4.98 Å². The number of nitrogens with zero attached hydrogens (tertiary/aromatic N) is 1. The quantitative estimate of drug-likeness (QED) is 0.877. The van der Waals surface area contributed by atoms with E-state index in [0.29, 0.717) is 32.6 Å². The lowest BCUT2D eigenvalue weighted by Gasteiger charge is -2.31. The molecule has 6 heteroatoms. The van der Waals surface area contributed by atoms with E-state index in [2.05, 4.69) is 10.3 Å². The summed E-state index contributed by atoms with van der Waals surface area (Å²) < 4.78 is 5.26. The predicted octanol–water partition coefficient (Wildman–Crippen LogP) is 1.15. The van der Waals surface area contributed by atoms with E-state index >= 15 is 0 Å². The number of hydrogen-bond acceptors (Lipinski definition) is 5. The Bertz CT molecular complexity index is 471. The van der Waals surface area contributed by atoms with Gasteiger partial charge < -0.3 is 15.8 Å². The van der Waals surface area contributed by atoms with Gasteiger partial charge in [0, 0.05) is 18.1 Å². The highest BCUT2D eigenvalue weighted by Crippen LogP contribution is 2.26. The molecule has 2 heterocycles. The molecule has 0 unspecified atom stereocenters. The van der Waals surface area contributed by atoms with Crippen molar-refractivity contribution >= 4 is 17.2 Å². The highest BCUT2D eigenvalue weighted by molar-refractivity contribution is 7.11. The maximum Gasteiger partial charge on any atom is 0.240 e. The average Bonchev–Trinajstić information content (AvgIpc) is 2.88. The fourth-order valence-corrected chi connectivity index (χ4v) is 3.87. The lowest BCUT2D eigenvalue weighted by Crippen LogP contribution is -2.56. The molecule has 1 aromatic heterocycles. The summed E-state index contributed by atoms with van der Waals surface area (Å²) in [6, 6.07) is 0. The second kappa shape index (κ2) is 5.79. The van der Waals surface area contributed by atoms with Crippen molar-refractivity contribution in [3.8, 4) is 0 Å². The van der Waals surface area contributed by atoms with Crippen molar-refractivity contribution in [3.05, 3.63) is 15.6 Å². The van der Waals surface area contributed by atoms with Crippen LogP contribution in [0.2, 0.25) is 0 Å². The molecule has 3 rings (SSSR count). The first-order valence-electron chi connectivity index (χ1n) is 7.30. The van der Waals surface area contributed by atoms with Crippen molar-refractivity contribution < 1.29 is 9.53 Å². The summed E-state index contributed by atoms with van der Waals surface area (Å²) in [6.45, 7) is 1.63. The Hall–Kier alpha value is -0.980. The number of fused-ring (bicyclic) bond motifs is 1. The Morgan fingerprint density at radius 3 is 2.85 bits per heavy atom. The fourth-order valence-electron chi connectivity index (χ4n) is 2.78. The molecular formula is C14H21N3O2S. The molecule has 3 N–H and O–H groups in total. The van der Waals surface area contributed by atoms with E-state index in [9.17, 15) is 4.79 Å². The molecule has 1 aliphatic heterocycles. The third-order valence-corrected chi connectivity index (χ3v) is 5.28. The van der Waals surface area contributed by atoms with Crippen LogP contribution in [0.25, 0.3) is 0 Å². The maximum atomic E-state index is 12.2. The number of hydrogen-bond donors (Lipinski definition) is 2. The van der Waals surface area contributed by atoms with Crippen LogP contribution in [0.3, 0.4) is 0 Å². The van der Waals surface area contributed by atoms with Gasteiger partial charge in [0.05, 0.1) is 17.8 Å². The molecule has 5 nitrogen and oxygen atoms in total. The third kappa shape index (κ3) is 2.87. The number of nitrogens with two attached hydrogens (primary N) is 1. The van der Waals surface area contributed by atoms with Gasteiger partial charge in [0.25, 0.3) is 0 Å². The zero-order chi connectivity index (χ0) is 14.0. The molecule has 0 bridgehead atoms. The summed E-state index contributed by atoms with van der Waals surface area (Å²) in [5, 5.41) is 3.95. The minimum Gasteiger partial charge on any atom is -0.381 e. The summed E-state index contributed by atoms with van der Waals surface area (Å²) in [6.07, 6.45) is 5.89. The van der Waals surface area contributed by atoms with Gasteiger partial charge in [-0.05, 0) is 38.5 Å². The molecule has 0 aromatic carbocycles. The number of rotatable bonds is 3. The molecule has 1 saturated heterocycles. The molecule has 0 spiro atoms. The summed E-state index contributed by atoms with van der Waals surface area (Å²) in [5.41, 5.74) is 6.62. The third-order valence-electron chi connectivity index (χ3n) is 4.13. The number of amides is 1. The van der Waals surface area contributed by atoms with Crippen LogP contribution in [0, 0.1) is 0 Å². The monoisotopic (exact) mass is 295 g/mol. The fraction of sp³-hybridized carbons (Fsp3) is 0.714. The summed E-state index contributed by atoms with van der Waals surface area (Å²) in [7, 11) is 0. The van der Waals surface area contributed by atoms with E-state index in [1.54, 1.807) is 11.3 Å². The van der Waals surface area contributed by atoms with Crippen molar-refractivity contribution in [2.75, 3.05) is 13.2 Å². The van der Waals surface area contributed by atoms with E-state index in [4.69, 9.17) is 10.5 Å². The molecule has 20 heavy (non-hydrogen) atoms. The van der Waals surface area contributed by atoms with Crippen molar-refractivity contribution in [2.45, 2.75) is 50.6 Å². The number of thiazole rings is 1. The van der Waals surface area contributed by atoms with Gasteiger partial charge in [-0.3, -0.25) is 4.79 Å². The van der Waals surface area contributed by atoms with Crippen molar-refractivity contribution in [1.29, 1.82) is 0 Å². The molecule has 1 amide bonds. The summed E-state index contributed by atoms with van der Waals surface area (Å²) in [5.74, 6) is -0.0750. The van der Waals surface area contributed by atoms with E-state index in [1.807, 2.05) is 0 Å². The molecule has 1 aromatic rings. The van der Waals surface area contributed by atoms with Crippen molar-refractivity contribution in [3.63, 3.8) is 0 Å². The Labute approximate surface area is 122 Å².